The first-order valence-corrected chi connectivity index (χ1v) is 9.73. The van der Waals surface area contributed by atoms with E-state index >= 15 is 0 Å². The fourth-order valence-electron chi connectivity index (χ4n) is 2.96. The summed E-state index contributed by atoms with van der Waals surface area (Å²) in [6.07, 6.45) is 1.77. The second-order valence-electron chi connectivity index (χ2n) is 7.11. The average molecular weight is 383 g/mol. The van der Waals surface area contributed by atoms with Crippen LogP contribution in [0.4, 0.5) is 0 Å². The standard InChI is InChI=1S/C21H29N5O2/c1-4-22-20(24-14-21(3,27)18-12-11-15(2)28-18)23-13-7-10-19-25-16-8-5-6-9-17(16)26-19/h5-6,8-9,11-12,27H,4,7,10,13-14H2,1-3H3,(H,25,26)(H2,22,23,24). The summed E-state index contributed by atoms with van der Waals surface area (Å²) in [5.74, 6) is 2.96. The minimum atomic E-state index is -1.15. The second-order valence-corrected chi connectivity index (χ2v) is 7.11. The minimum absolute atomic E-state index is 0.207. The number of imidazole rings is 1. The summed E-state index contributed by atoms with van der Waals surface area (Å²) in [5, 5.41) is 17.2. The number of aryl methyl sites for hydroxylation is 2. The van der Waals surface area contributed by atoms with Crippen LogP contribution in [0, 0.1) is 6.92 Å². The molecule has 0 saturated carbocycles. The number of fused-ring (bicyclic) bond motifs is 1. The van der Waals surface area contributed by atoms with E-state index in [1.165, 1.54) is 0 Å². The number of para-hydroxylation sites is 2. The molecule has 0 amide bonds. The summed E-state index contributed by atoms with van der Waals surface area (Å²) in [7, 11) is 0. The van der Waals surface area contributed by atoms with E-state index in [9.17, 15) is 5.11 Å². The van der Waals surface area contributed by atoms with Gasteiger partial charge in [-0.25, -0.2) is 9.98 Å². The van der Waals surface area contributed by atoms with E-state index < -0.39 is 5.60 Å². The van der Waals surface area contributed by atoms with E-state index in [2.05, 4.69) is 25.6 Å². The van der Waals surface area contributed by atoms with Gasteiger partial charge in [-0.1, -0.05) is 12.1 Å². The molecular weight excluding hydrogens is 354 g/mol. The fraction of sp³-hybridized carbons (Fsp3) is 0.429. The highest BCUT2D eigenvalue weighted by atomic mass is 16.4. The van der Waals surface area contributed by atoms with E-state index in [-0.39, 0.29) is 6.54 Å². The fourth-order valence-corrected chi connectivity index (χ4v) is 2.96. The molecule has 3 aromatic rings. The molecule has 0 aliphatic rings. The van der Waals surface area contributed by atoms with Gasteiger partial charge >= 0.3 is 0 Å². The molecule has 3 rings (SSSR count). The summed E-state index contributed by atoms with van der Waals surface area (Å²) >= 11 is 0. The number of H-pyrrole nitrogens is 1. The number of benzene rings is 1. The van der Waals surface area contributed by atoms with E-state index in [4.69, 9.17) is 4.42 Å². The highest BCUT2D eigenvalue weighted by Gasteiger charge is 2.26. The number of rotatable bonds is 8. The van der Waals surface area contributed by atoms with Crippen molar-refractivity contribution in [3.63, 3.8) is 0 Å². The molecule has 0 aliphatic carbocycles. The van der Waals surface area contributed by atoms with Crippen molar-refractivity contribution in [3.05, 3.63) is 53.7 Å². The number of furan rings is 1. The molecule has 1 atom stereocenters. The predicted octanol–water partition coefficient (Wildman–Crippen LogP) is 2.86. The maximum absolute atomic E-state index is 10.6. The van der Waals surface area contributed by atoms with Crippen molar-refractivity contribution < 1.29 is 9.52 Å². The molecule has 0 saturated heterocycles. The minimum Gasteiger partial charge on any atom is -0.463 e. The molecule has 0 aliphatic heterocycles. The lowest BCUT2D eigenvalue weighted by molar-refractivity contribution is 0.0428. The summed E-state index contributed by atoms with van der Waals surface area (Å²) < 4.78 is 5.54. The first-order chi connectivity index (χ1) is 13.5. The first-order valence-electron chi connectivity index (χ1n) is 9.73. The van der Waals surface area contributed by atoms with Crippen LogP contribution in [0.15, 0.2) is 45.8 Å². The van der Waals surface area contributed by atoms with E-state index in [1.54, 1.807) is 13.0 Å². The van der Waals surface area contributed by atoms with Gasteiger partial charge in [-0.2, -0.15) is 0 Å². The van der Waals surface area contributed by atoms with Crippen LogP contribution in [0.3, 0.4) is 0 Å². The number of hydrogen-bond donors (Lipinski definition) is 4. The maximum atomic E-state index is 10.6. The molecular formula is C21H29N5O2. The monoisotopic (exact) mass is 383 g/mol. The Balaban J connectivity index is 1.51. The van der Waals surface area contributed by atoms with Crippen LogP contribution >= 0.6 is 0 Å². The normalized spacial score (nSPS) is 14.2. The molecule has 1 aromatic carbocycles. The molecule has 7 heteroatoms. The zero-order valence-corrected chi connectivity index (χ0v) is 16.7. The highest BCUT2D eigenvalue weighted by Crippen LogP contribution is 2.23. The third-order valence-electron chi connectivity index (χ3n) is 4.48. The van der Waals surface area contributed by atoms with Gasteiger partial charge in [0.15, 0.2) is 5.96 Å². The lowest BCUT2D eigenvalue weighted by atomic mass is 10.0. The Bertz CT molecular complexity index is 893. The van der Waals surface area contributed by atoms with Crippen molar-refractivity contribution in [1.29, 1.82) is 0 Å². The van der Waals surface area contributed by atoms with Gasteiger partial charge in [-0.15, -0.1) is 0 Å². The van der Waals surface area contributed by atoms with Crippen LogP contribution in [0.5, 0.6) is 0 Å². The zero-order valence-electron chi connectivity index (χ0n) is 16.7. The van der Waals surface area contributed by atoms with Gasteiger partial charge in [-0.05, 0) is 51.5 Å². The van der Waals surface area contributed by atoms with Gasteiger partial charge in [0, 0.05) is 19.5 Å². The highest BCUT2D eigenvalue weighted by molar-refractivity contribution is 5.79. The zero-order chi connectivity index (χ0) is 20.0. The molecule has 0 radical (unpaired) electrons. The van der Waals surface area contributed by atoms with Crippen molar-refractivity contribution in [2.24, 2.45) is 4.99 Å². The Morgan fingerprint density at radius 3 is 2.79 bits per heavy atom. The van der Waals surface area contributed by atoms with E-state index in [0.29, 0.717) is 11.7 Å². The number of aromatic amines is 1. The molecule has 7 nitrogen and oxygen atoms in total. The summed E-state index contributed by atoms with van der Waals surface area (Å²) in [5.41, 5.74) is 0.914. The Kier molecular flexibility index (Phi) is 6.36. The molecule has 4 N–H and O–H groups in total. The number of aromatic nitrogens is 2. The maximum Gasteiger partial charge on any atom is 0.191 e. The number of guanidine groups is 1. The Hall–Kier alpha value is -2.80. The topological polar surface area (TPSA) is 98.5 Å². The molecule has 1 unspecified atom stereocenters. The number of nitrogens with zero attached hydrogens (tertiary/aromatic N) is 2. The Morgan fingerprint density at radius 1 is 1.25 bits per heavy atom. The third kappa shape index (κ3) is 5.13. The van der Waals surface area contributed by atoms with Crippen LogP contribution in [-0.2, 0) is 12.0 Å². The lowest BCUT2D eigenvalue weighted by Gasteiger charge is -2.19. The lowest BCUT2D eigenvalue weighted by Crippen LogP contribution is -2.39. The van der Waals surface area contributed by atoms with Gasteiger partial charge in [0.25, 0.3) is 0 Å². The number of aliphatic hydroxyl groups is 1. The molecule has 0 spiro atoms. The molecule has 2 aromatic heterocycles. The van der Waals surface area contributed by atoms with Gasteiger partial charge in [0.1, 0.15) is 22.9 Å². The Labute approximate surface area is 165 Å². The molecule has 2 heterocycles. The number of hydrogen-bond acceptors (Lipinski definition) is 4. The van der Waals surface area contributed by atoms with Crippen LogP contribution in [0.25, 0.3) is 11.0 Å². The van der Waals surface area contributed by atoms with Crippen molar-refractivity contribution in [1.82, 2.24) is 20.6 Å². The van der Waals surface area contributed by atoms with Gasteiger partial charge in [0.05, 0.1) is 17.6 Å². The van der Waals surface area contributed by atoms with Crippen molar-refractivity contribution >= 4 is 17.0 Å². The van der Waals surface area contributed by atoms with Crippen molar-refractivity contribution in [2.75, 3.05) is 19.6 Å². The van der Waals surface area contributed by atoms with Crippen LogP contribution in [0.2, 0.25) is 0 Å². The first kappa shape index (κ1) is 19.9. The van der Waals surface area contributed by atoms with Crippen molar-refractivity contribution in [3.8, 4) is 0 Å². The summed E-state index contributed by atoms with van der Waals surface area (Å²) in [4.78, 5) is 12.5. The third-order valence-corrected chi connectivity index (χ3v) is 4.48. The van der Waals surface area contributed by atoms with Gasteiger partial charge in [-0.3, -0.25) is 0 Å². The van der Waals surface area contributed by atoms with Crippen LogP contribution in [0.1, 0.15) is 37.6 Å². The second kappa shape index (κ2) is 8.93. The molecule has 28 heavy (non-hydrogen) atoms. The van der Waals surface area contributed by atoms with Crippen molar-refractivity contribution in [2.45, 2.75) is 39.2 Å². The van der Waals surface area contributed by atoms with E-state index in [0.717, 1.165) is 48.5 Å². The van der Waals surface area contributed by atoms with Gasteiger partial charge in [0.2, 0.25) is 0 Å². The quantitative estimate of drug-likeness (QED) is 0.272. The van der Waals surface area contributed by atoms with Crippen LogP contribution < -0.4 is 10.6 Å². The van der Waals surface area contributed by atoms with Crippen LogP contribution in [-0.4, -0.2) is 40.7 Å². The SMILES string of the molecule is CCNC(=NCC(C)(O)c1ccc(C)o1)NCCCc1nc2ccccc2[nH]1. The summed E-state index contributed by atoms with van der Waals surface area (Å²) in [6, 6.07) is 11.7. The predicted molar refractivity (Wildman–Crippen MR) is 111 cm³/mol. The largest absolute Gasteiger partial charge is 0.463 e. The van der Waals surface area contributed by atoms with Gasteiger partial charge < -0.3 is 25.1 Å². The number of aliphatic imine (C=N–C) groups is 1. The smallest absolute Gasteiger partial charge is 0.191 e. The Morgan fingerprint density at radius 2 is 2.07 bits per heavy atom. The number of nitrogens with one attached hydrogen (secondary N) is 3. The van der Waals surface area contributed by atoms with E-state index in [1.807, 2.05) is 44.2 Å². The average Bonchev–Trinajstić information content (AvgIpc) is 3.29. The molecule has 0 bridgehead atoms. The summed E-state index contributed by atoms with van der Waals surface area (Å²) in [6.45, 7) is 7.29. The molecule has 0 fully saturated rings. The molecule has 150 valence electrons.